The van der Waals surface area contributed by atoms with Crippen molar-refractivity contribution in [1.82, 2.24) is 25.8 Å². The van der Waals surface area contributed by atoms with E-state index < -0.39 is 50.5 Å². The molecule has 4 amide bonds. The van der Waals surface area contributed by atoms with Gasteiger partial charge in [0.15, 0.2) is 0 Å². The van der Waals surface area contributed by atoms with Crippen molar-refractivity contribution in [2.24, 2.45) is 0 Å². The topological polar surface area (TPSA) is 213 Å². The Hall–Kier alpha value is -4.50. The summed E-state index contributed by atoms with van der Waals surface area (Å²) in [7, 11) is 0.924. The number of thiophene rings is 1. The molecule has 0 spiro atoms. The molecule has 2 saturated heterocycles. The maximum Gasteiger partial charge on any atom is 0.389 e. The number of carboxylic acid groups (broad SMARTS) is 1. The van der Waals surface area contributed by atoms with Crippen molar-refractivity contribution in [1.29, 1.82) is 0 Å². The Kier molecular flexibility index (Phi) is 20.8. The lowest BCUT2D eigenvalue weighted by Crippen LogP contribution is -2.55. The van der Waals surface area contributed by atoms with E-state index in [9.17, 15) is 47.8 Å². The van der Waals surface area contributed by atoms with E-state index in [-0.39, 0.29) is 45.8 Å². The number of hydrogen-bond acceptors (Lipinski definition) is 12. The van der Waals surface area contributed by atoms with Crippen LogP contribution in [0.25, 0.3) is 10.1 Å². The number of halogens is 2. The number of piperidine rings is 1. The molecule has 0 aliphatic carbocycles. The van der Waals surface area contributed by atoms with Gasteiger partial charge in [-0.1, -0.05) is 37.2 Å². The van der Waals surface area contributed by atoms with E-state index in [1.807, 2.05) is 24.1 Å². The number of likely N-dealkylation sites (tertiary alicyclic amines) is 1. The molecule has 7 atom stereocenters. The number of nitrogens with zero attached hydrogens (tertiary/aromatic N) is 2. The molecule has 6 rings (SSSR count). The largest absolute Gasteiger partial charge is 0.480 e. The maximum absolute atomic E-state index is 14.4. The Labute approximate surface area is 385 Å². The lowest BCUT2D eigenvalue weighted by atomic mass is 10.0. The number of carboxylic acids is 1. The summed E-state index contributed by atoms with van der Waals surface area (Å²) in [5, 5.41) is 27.2. The quantitative estimate of drug-likeness (QED) is 0.0414. The van der Waals surface area contributed by atoms with E-state index in [1.165, 1.54) is 31.4 Å². The van der Waals surface area contributed by atoms with Crippen LogP contribution in [0.3, 0.4) is 0 Å². The number of hydrogen-bond donors (Lipinski definition) is 5. The Bertz CT molecular complexity index is 2210. The monoisotopic (exact) mass is 963 g/mol. The lowest BCUT2D eigenvalue weighted by Gasteiger charge is -2.35. The molecule has 354 valence electrons. The molecule has 0 radical (unpaired) electrons. The molecule has 5 N–H and O–H groups in total. The number of rotatable bonds is 20. The minimum atomic E-state index is -3.65. The molecule has 0 bridgehead atoms. The van der Waals surface area contributed by atoms with Crippen molar-refractivity contribution >= 4 is 76.3 Å². The molecule has 2 fully saturated rings. The molecule has 0 saturated carbocycles. The number of aliphatic carboxylic acids is 1. The number of amides is 4. The summed E-state index contributed by atoms with van der Waals surface area (Å²) >= 11 is 1.08. The zero-order valence-corrected chi connectivity index (χ0v) is 39.7. The van der Waals surface area contributed by atoms with Crippen LogP contribution in [0.15, 0.2) is 42.5 Å². The molecule has 4 heterocycles. The van der Waals surface area contributed by atoms with E-state index in [2.05, 4.69) is 32.3 Å². The molecule has 2 aromatic carbocycles. The first-order valence-corrected chi connectivity index (χ1v) is 23.0. The van der Waals surface area contributed by atoms with E-state index >= 15 is 0 Å². The van der Waals surface area contributed by atoms with E-state index in [0.717, 1.165) is 73.8 Å². The Morgan fingerprint density at radius 3 is 2.55 bits per heavy atom. The summed E-state index contributed by atoms with van der Waals surface area (Å²) < 4.78 is 43.9. The number of carbonyl (C=O) groups is 6. The molecule has 21 heteroatoms. The Balaban J connectivity index is 0.000000286. The molecule has 3 aliphatic heterocycles. The third-order valence-electron chi connectivity index (χ3n) is 11.2. The van der Waals surface area contributed by atoms with Crippen molar-refractivity contribution in [2.75, 3.05) is 27.3 Å². The minimum absolute atomic E-state index is 0. The van der Waals surface area contributed by atoms with Gasteiger partial charge < -0.3 is 44.9 Å². The van der Waals surface area contributed by atoms with Crippen LogP contribution >= 0.6 is 29.8 Å². The molecular formula is C44H57F2N5O11P2S. The second-order valence-electron chi connectivity index (χ2n) is 15.4. The number of aldehydes is 1. The third-order valence-corrected chi connectivity index (χ3v) is 13.5. The number of alkyl halides is 2. The van der Waals surface area contributed by atoms with Crippen LogP contribution in [-0.2, 0) is 45.4 Å². The van der Waals surface area contributed by atoms with Crippen molar-refractivity contribution in [3.05, 3.63) is 69.6 Å². The number of fused-ring (bicyclic) bond motifs is 2. The fraction of sp³-hybridized carbons (Fsp3) is 0.500. The highest BCUT2D eigenvalue weighted by Gasteiger charge is 2.40. The van der Waals surface area contributed by atoms with Crippen molar-refractivity contribution in [3.8, 4) is 11.8 Å². The number of likely N-dealkylation sites (N-methyl/N-ethyl adjacent to an activating group) is 1. The standard InChI is InChI=1S/C27H35N3O5.C17H19F2N2O6PS.H3P/c1-29-19(13-14-23(29)27(34)35)11-7-5-3-2-4-6-9-18-10-8-12-20-21(18)17-30(26(20)33)22-15-16-24(31)28-25(22)32;1-3-26-28(25-2)27-17(18,19)12-4-5-14-11(6-12)7-15(29-14)16(24)21-13(9-22)8-20-10-23;/h8,10,12,19,22-23,25,32H,2-5,7,11,13-17H2,1H3,(H,28,31)(H,34,35);4-7,9-10,13H,3,8H2,1-2H3,(H,20,23)(H,21,24);1H3. The Morgan fingerprint density at radius 2 is 1.88 bits per heavy atom. The number of aliphatic hydroxyl groups is 1. The summed E-state index contributed by atoms with van der Waals surface area (Å²) in [4.78, 5) is 73.2. The van der Waals surface area contributed by atoms with Crippen LogP contribution in [0.2, 0.25) is 0 Å². The van der Waals surface area contributed by atoms with Crippen LogP contribution in [0.1, 0.15) is 108 Å². The van der Waals surface area contributed by atoms with Crippen molar-refractivity contribution < 1.29 is 61.3 Å². The number of benzene rings is 2. The highest BCUT2D eigenvalue weighted by atomic mass is 32.1. The van der Waals surface area contributed by atoms with Crippen molar-refractivity contribution in [3.63, 3.8) is 0 Å². The van der Waals surface area contributed by atoms with Gasteiger partial charge in [-0.3, -0.25) is 28.9 Å². The third kappa shape index (κ3) is 14.2. The van der Waals surface area contributed by atoms with Crippen LogP contribution in [0.4, 0.5) is 8.78 Å². The van der Waals surface area contributed by atoms with Gasteiger partial charge in [0.05, 0.1) is 23.1 Å². The van der Waals surface area contributed by atoms with Crippen molar-refractivity contribution in [2.45, 2.75) is 114 Å². The van der Waals surface area contributed by atoms with Gasteiger partial charge in [-0.15, -0.1) is 11.3 Å². The zero-order valence-electron chi connectivity index (χ0n) is 36.6. The predicted octanol–water partition coefficient (Wildman–Crippen LogP) is 5.46. The maximum atomic E-state index is 14.4. The van der Waals surface area contributed by atoms with Gasteiger partial charge >= 0.3 is 20.7 Å². The SMILES string of the molecule is CCOP(OC)OC(F)(F)c1ccc2sc(C(=O)NC(C=O)CNC=O)cc2c1.CN1C(CCCCCCC#Cc2cccc3c2CN(C2CCC(=O)NC2O)C3=O)CCC1C(=O)O.P. The van der Waals surface area contributed by atoms with E-state index in [0.29, 0.717) is 53.8 Å². The van der Waals surface area contributed by atoms with E-state index in [1.54, 1.807) is 17.9 Å². The molecular weight excluding hydrogens is 907 g/mol. The van der Waals surface area contributed by atoms with Gasteiger partial charge in [0.2, 0.25) is 12.3 Å². The normalized spacial score (nSPS) is 20.2. The smallest absolute Gasteiger partial charge is 0.389 e. The lowest BCUT2D eigenvalue weighted by molar-refractivity contribution is -0.192. The number of aliphatic hydroxyl groups excluding tert-OH is 1. The molecule has 3 aromatic rings. The van der Waals surface area contributed by atoms with Crippen LogP contribution in [-0.4, -0.2) is 114 Å². The van der Waals surface area contributed by atoms with Gasteiger partial charge in [-0.05, 0) is 93.4 Å². The summed E-state index contributed by atoms with van der Waals surface area (Å²) in [5.74, 6) is 4.91. The first-order valence-electron chi connectivity index (χ1n) is 21.1. The number of carbonyl (C=O) groups excluding carboxylic acids is 5. The summed E-state index contributed by atoms with van der Waals surface area (Å²) in [5.41, 5.74) is 1.96. The minimum Gasteiger partial charge on any atom is -0.480 e. The van der Waals surface area contributed by atoms with Gasteiger partial charge in [-0.25, -0.2) is 4.52 Å². The molecule has 3 aliphatic rings. The second kappa shape index (κ2) is 25.4. The molecule has 16 nitrogen and oxygen atoms in total. The average molecular weight is 964 g/mol. The zero-order chi connectivity index (χ0) is 46.4. The second-order valence-corrected chi connectivity index (χ2v) is 17.8. The molecule has 7 unspecified atom stereocenters. The molecule has 1 aromatic heterocycles. The van der Waals surface area contributed by atoms with Crippen LogP contribution in [0.5, 0.6) is 0 Å². The first kappa shape index (κ1) is 53.1. The fourth-order valence-electron chi connectivity index (χ4n) is 7.85. The van der Waals surface area contributed by atoms with Gasteiger partial charge in [-0.2, -0.15) is 18.7 Å². The fourth-order valence-corrected chi connectivity index (χ4v) is 9.53. The number of nitrogens with one attached hydrogen (secondary N) is 3. The Morgan fingerprint density at radius 1 is 1.11 bits per heavy atom. The number of unbranched alkanes of at least 4 members (excludes halogenated alkanes) is 4. The predicted molar refractivity (Wildman–Crippen MR) is 245 cm³/mol. The van der Waals surface area contributed by atoms with Gasteiger partial charge in [0, 0.05) is 54.9 Å². The average Bonchev–Trinajstić information content (AvgIpc) is 3.98. The van der Waals surface area contributed by atoms with Crippen LogP contribution < -0.4 is 16.0 Å². The summed E-state index contributed by atoms with van der Waals surface area (Å²) in [6, 6.07) is 9.59. The highest BCUT2D eigenvalue weighted by molar-refractivity contribution is 7.41. The summed E-state index contributed by atoms with van der Waals surface area (Å²) in [6.45, 7) is 2.13. The van der Waals surface area contributed by atoms with Gasteiger partial charge in [0.1, 0.15) is 24.6 Å². The van der Waals surface area contributed by atoms with Crippen LogP contribution in [0, 0.1) is 11.8 Å². The van der Waals surface area contributed by atoms with E-state index in [4.69, 9.17) is 9.05 Å². The van der Waals surface area contributed by atoms with Gasteiger partial charge in [0.25, 0.3) is 11.8 Å². The summed E-state index contributed by atoms with van der Waals surface area (Å²) in [6.07, 6.45) is 4.83. The molecule has 65 heavy (non-hydrogen) atoms. The first-order chi connectivity index (χ1) is 30.7. The highest BCUT2D eigenvalue weighted by Crippen LogP contribution is 2.48.